The summed E-state index contributed by atoms with van der Waals surface area (Å²) >= 11 is 0. The molecule has 1 aromatic carbocycles. The van der Waals surface area contributed by atoms with Gasteiger partial charge in [-0.3, -0.25) is 4.99 Å². The van der Waals surface area contributed by atoms with Crippen LogP contribution in [-0.4, -0.2) is 43.1 Å². The Morgan fingerprint density at radius 1 is 1.29 bits per heavy atom. The van der Waals surface area contributed by atoms with Gasteiger partial charge in [-0.15, -0.1) is 0 Å². The summed E-state index contributed by atoms with van der Waals surface area (Å²) in [6.07, 6.45) is 7.70. The Morgan fingerprint density at radius 3 is 2.62 bits per heavy atom. The minimum Gasteiger partial charge on any atom is -0.383 e. The van der Waals surface area contributed by atoms with Crippen LogP contribution in [0.4, 0.5) is 0 Å². The highest BCUT2D eigenvalue weighted by molar-refractivity contribution is 6.01. The van der Waals surface area contributed by atoms with Crippen LogP contribution in [0, 0.1) is 0 Å². The van der Waals surface area contributed by atoms with Gasteiger partial charge in [0.1, 0.15) is 0 Å². The molecule has 0 aromatic heterocycles. The van der Waals surface area contributed by atoms with Crippen molar-refractivity contribution in [3.05, 3.63) is 72.1 Å². The van der Waals surface area contributed by atoms with Gasteiger partial charge < -0.3 is 4.90 Å². The Hall–Kier alpha value is -2.62. The van der Waals surface area contributed by atoms with Gasteiger partial charge in [0.15, 0.2) is 5.84 Å². The summed E-state index contributed by atoms with van der Waals surface area (Å²) in [5, 5.41) is 6.16. The van der Waals surface area contributed by atoms with Crippen molar-refractivity contribution in [2.24, 2.45) is 10.1 Å². The molecule has 0 atom stereocenters. The number of allylic oxidation sites excluding steroid dienone is 2. The van der Waals surface area contributed by atoms with Crippen LogP contribution in [0.3, 0.4) is 0 Å². The molecule has 1 heterocycles. The smallest absolute Gasteiger partial charge is 0.156 e. The van der Waals surface area contributed by atoms with Crippen LogP contribution in [0.5, 0.6) is 0 Å². The molecule has 0 bridgehead atoms. The number of hydrazone groups is 1. The van der Waals surface area contributed by atoms with E-state index in [9.17, 15) is 0 Å². The third-order valence-electron chi connectivity index (χ3n) is 3.02. The summed E-state index contributed by atoms with van der Waals surface area (Å²) < 4.78 is 0. The molecule has 0 saturated carbocycles. The molecule has 1 aromatic rings. The van der Waals surface area contributed by atoms with E-state index in [0.29, 0.717) is 0 Å². The molecule has 4 heteroatoms. The van der Waals surface area contributed by atoms with Crippen LogP contribution in [0.2, 0.25) is 0 Å². The van der Waals surface area contributed by atoms with Crippen molar-refractivity contribution in [1.29, 1.82) is 0 Å². The molecule has 1 aliphatic heterocycles. The predicted molar refractivity (Wildman–Crippen MR) is 89.3 cm³/mol. The fourth-order valence-corrected chi connectivity index (χ4v) is 1.97. The summed E-state index contributed by atoms with van der Waals surface area (Å²) in [6, 6.07) is 9.98. The number of aliphatic imine (C=N–C) groups is 1. The highest BCUT2D eigenvalue weighted by Gasteiger charge is 2.19. The lowest BCUT2D eigenvalue weighted by molar-refractivity contribution is 0.554. The minimum absolute atomic E-state index is 0.778. The van der Waals surface area contributed by atoms with E-state index in [1.54, 1.807) is 18.3 Å². The Balaban J connectivity index is 2.28. The molecule has 0 aliphatic carbocycles. The second kappa shape index (κ2) is 6.70. The molecule has 0 radical (unpaired) electrons. The van der Waals surface area contributed by atoms with E-state index in [1.807, 2.05) is 67.7 Å². The molecule has 0 N–H and O–H groups in total. The second-order valence-corrected chi connectivity index (χ2v) is 4.84. The van der Waals surface area contributed by atoms with E-state index >= 15 is 0 Å². The van der Waals surface area contributed by atoms with Crippen LogP contribution in [0.25, 0.3) is 0 Å². The molecule has 21 heavy (non-hydrogen) atoms. The predicted octanol–water partition coefficient (Wildman–Crippen LogP) is 2.88. The van der Waals surface area contributed by atoms with E-state index in [1.165, 1.54) is 0 Å². The van der Waals surface area contributed by atoms with Crippen molar-refractivity contribution in [3.8, 4) is 0 Å². The Bertz CT molecular complexity index is 621. The van der Waals surface area contributed by atoms with E-state index in [-0.39, 0.29) is 0 Å². The monoisotopic (exact) mass is 280 g/mol. The van der Waals surface area contributed by atoms with Crippen LogP contribution < -0.4 is 0 Å². The van der Waals surface area contributed by atoms with Crippen molar-refractivity contribution in [1.82, 2.24) is 9.91 Å². The summed E-state index contributed by atoms with van der Waals surface area (Å²) in [5.41, 5.74) is 2.83. The summed E-state index contributed by atoms with van der Waals surface area (Å²) in [7, 11) is 5.73. The van der Waals surface area contributed by atoms with Gasteiger partial charge in [-0.2, -0.15) is 5.10 Å². The highest BCUT2D eigenvalue weighted by Crippen LogP contribution is 2.21. The average Bonchev–Trinajstić information content (AvgIpc) is 2.49. The fraction of sp³-hybridized carbons (Fsp3) is 0.176. The maximum absolute atomic E-state index is 4.39. The molecule has 0 amide bonds. The quantitative estimate of drug-likeness (QED) is 0.630. The van der Waals surface area contributed by atoms with Gasteiger partial charge in [-0.25, -0.2) is 5.01 Å². The summed E-state index contributed by atoms with van der Waals surface area (Å²) in [6.45, 7) is 4.14. The average molecular weight is 280 g/mol. The molecular formula is C17H20N4. The Labute approximate surface area is 126 Å². The van der Waals surface area contributed by atoms with Gasteiger partial charge in [0.2, 0.25) is 0 Å². The molecular weight excluding hydrogens is 260 g/mol. The first kappa shape index (κ1) is 14.8. The zero-order valence-electron chi connectivity index (χ0n) is 12.7. The van der Waals surface area contributed by atoms with Crippen LogP contribution in [0.1, 0.15) is 5.56 Å². The first-order valence-electron chi connectivity index (χ1n) is 6.74. The normalized spacial score (nSPS) is 15.6. The maximum atomic E-state index is 4.39. The molecule has 2 rings (SSSR count). The van der Waals surface area contributed by atoms with Gasteiger partial charge in [-0.1, -0.05) is 36.9 Å². The van der Waals surface area contributed by atoms with Crippen LogP contribution >= 0.6 is 0 Å². The zero-order chi connectivity index (χ0) is 15.2. The standard InChI is InChI=1S/C17H20N4/c1-14-15(11-13-20(3)4)10-12-19-21(14)17(18-2)16-8-6-5-7-9-16/h5-13H,1H2,2-4H3/b13-11+,18-17-. The fourth-order valence-electron chi connectivity index (χ4n) is 1.97. The number of hydrogen-bond donors (Lipinski definition) is 0. The van der Waals surface area contributed by atoms with Gasteiger partial charge in [0.25, 0.3) is 0 Å². The van der Waals surface area contributed by atoms with Crippen molar-refractivity contribution >= 4 is 12.1 Å². The lowest BCUT2D eigenvalue weighted by Gasteiger charge is -2.25. The van der Waals surface area contributed by atoms with E-state index < -0.39 is 0 Å². The largest absolute Gasteiger partial charge is 0.383 e. The van der Waals surface area contributed by atoms with Gasteiger partial charge in [-0.05, 0) is 18.4 Å². The van der Waals surface area contributed by atoms with Gasteiger partial charge in [0.05, 0.1) is 5.70 Å². The molecule has 108 valence electrons. The Morgan fingerprint density at radius 2 is 2.00 bits per heavy atom. The summed E-state index contributed by atoms with van der Waals surface area (Å²) in [5.74, 6) is 0.778. The third kappa shape index (κ3) is 3.48. The van der Waals surface area contributed by atoms with Crippen LogP contribution in [0.15, 0.2) is 76.6 Å². The van der Waals surface area contributed by atoms with Crippen molar-refractivity contribution in [2.75, 3.05) is 21.1 Å². The Kier molecular flexibility index (Phi) is 4.72. The molecule has 1 aliphatic rings. The minimum atomic E-state index is 0.778. The van der Waals surface area contributed by atoms with Crippen molar-refractivity contribution in [3.63, 3.8) is 0 Å². The first-order chi connectivity index (χ1) is 10.1. The number of nitrogens with zero attached hydrogens (tertiary/aromatic N) is 4. The topological polar surface area (TPSA) is 31.2 Å². The van der Waals surface area contributed by atoms with E-state index in [0.717, 1.165) is 22.7 Å². The number of amidine groups is 1. The molecule has 0 saturated heterocycles. The zero-order valence-corrected chi connectivity index (χ0v) is 12.7. The lowest BCUT2D eigenvalue weighted by atomic mass is 10.1. The van der Waals surface area contributed by atoms with Crippen molar-refractivity contribution in [2.45, 2.75) is 0 Å². The molecule has 4 nitrogen and oxygen atoms in total. The highest BCUT2D eigenvalue weighted by atomic mass is 15.5. The lowest BCUT2D eigenvalue weighted by Crippen LogP contribution is -2.28. The van der Waals surface area contributed by atoms with Gasteiger partial charge >= 0.3 is 0 Å². The molecule has 0 spiro atoms. The number of hydrogen-bond acceptors (Lipinski definition) is 3. The molecule has 0 fully saturated rings. The third-order valence-corrected chi connectivity index (χ3v) is 3.02. The van der Waals surface area contributed by atoms with Crippen molar-refractivity contribution < 1.29 is 0 Å². The number of rotatable bonds is 3. The second-order valence-electron chi connectivity index (χ2n) is 4.84. The van der Waals surface area contributed by atoms with E-state index in [2.05, 4.69) is 16.7 Å². The van der Waals surface area contributed by atoms with Crippen LogP contribution in [-0.2, 0) is 0 Å². The first-order valence-corrected chi connectivity index (χ1v) is 6.74. The van der Waals surface area contributed by atoms with Gasteiger partial charge in [0, 0.05) is 38.5 Å². The number of benzene rings is 1. The maximum Gasteiger partial charge on any atom is 0.156 e. The molecule has 0 unspecified atom stereocenters. The summed E-state index contributed by atoms with van der Waals surface area (Å²) in [4.78, 5) is 6.35. The SMILES string of the molecule is C=C1C(/C=C/N(C)C)=CC=NN1/C(=N\C)c1ccccc1. The van der Waals surface area contributed by atoms with E-state index in [4.69, 9.17) is 0 Å².